The van der Waals surface area contributed by atoms with Crippen LogP contribution in [0.4, 0.5) is 0 Å². The standard InChI is InChI=1S/C47H38O11/c1-29-18-38(20-33-8-16-42(40(22-33)24-48)56-26-30-2-10-35(11-3-30)45(50)51)44(58-28-32-6-14-37(15-7-32)47(54)55)39(19-29)21-34-9-17-43(41(23-34)25-49)57-27-31-4-12-36(13-5-31)46(52)53/h2-19,22-25H,20-21,26-28H2,1H3,(H,50,51)(H,52,53)(H,54,55). The van der Waals surface area contributed by atoms with Gasteiger partial charge in [0.05, 0.1) is 27.8 Å². The molecule has 3 N–H and O–H groups in total. The summed E-state index contributed by atoms with van der Waals surface area (Å²) in [7, 11) is 0. The zero-order chi connectivity index (χ0) is 41.2. The number of aryl methyl sites for hydroxylation is 1. The van der Waals surface area contributed by atoms with Gasteiger partial charge in [0.1, 0.15) is 37.1 Å². The molecule has 11 nitrogen and oxygen atoms in total. The number of carbonyl (C=O) groups is 5. The largest absolute Gasteiger partial charge is 0.488 e. The number of carboxylic acids is 3. The third-order valence-corrected chi connectivity index (χ3v) is 9.35. The number of hydrogen-bond acceptors (Lipinski definition) is 8. The summed E-state index contributed by atoms with van der Waals surface area (Å²) in [5.74, 6) is -1.73. The number of ether oxygens (including phenoxy) is 3. The zero-order valence-electron chi connectivity index (χ0n) is 31.3. The highest BCUT2D eigenvalue weighted by molar-refractivity contribution is 5.88. The summed E-state index contributed by atoms with van der Waals surface area (Å²) in [5.41, 5.74) is 7.66. The summed E-state index contributed by atoms with van der Waals surface area (Å²) in [4.78, 5) is 58.3. The van der Waals surface area contributed by atoms with Gasteiger partial charge in [0, 0.05) is 12.8 Å². The lowest BCUT2D eigenvalue weighted by Gasteiger charge is -2.19. The highest BCUT2D eigenvalue weighted by atomic mass is 16.5. The minimum Gasteiger partial charge on any atom is -0.488 e. The molecule has 0 spiro atoms. The molecule has 58 heavy (non-hydrogen) atoms. The van der Waals surface area contributed by atoms with Crippen molar-refractivity contribution in [2.75, 3.05) is 0 Å². The normalized spacial score (nSPS) is 10.7. The van der Waals surface area contributed by atoms with E-state index < -0.39 is 17.9 Å². The van der Waals surface area contributed by atoms with Crippen LogP contribution in [-0.4, -0.2) is 45.8 Å². The summed E-state index contributed by atoms with van der Waals surface area (Å²) in [6, 6.07) is 33.7. The highest BCUT2D eigenvalue weighted by Gasteiger charge is 2.17. The second-order valence-electron chi connectivity index (χ2n) is 13.6. The van der Waals surface area contributed by atoms with Crippen LogP contribution in [0.3, 0.4) is 0 Å². The summed E-state index contributed by atoms with van der Waals surface area (Å²) >= 11 is 0. The van der Waals surface area contributed by atoms with Crippen LogP contribution >= 0.6 is 0 Å². The van der Waals surface area contributed by atoms with Crippen molar-refractivity contribution in [1.82, 2.24) is 0 Å². The summed E-state index contributed by atoms with van der Waals surface area (Å²) in [6.07, 6.45) is 2.22. The fraction of sp³-hybridized carbons (Fsp3) is 0.128. The average Bonchev–Trinajstić information content (AvgIpc) is 3.22. The van der Waals surface area contributed by atoms with Gasteiger partial charge in [-0.05, 0) is 107 Å². The monoisotopic (exact) mass is 778 g/mol. The molecule has 0 aliphatic heterocycles. The van der Waals surface area contributed by atoms with Crippen molar-refractivity contribution in [2.45, 2.75) is 39.6 Å². The Bertz CT molecular complexity index is 2330. The van der Waals surface area contributed by atoms with Gasteiger partial charge in [0.2, 0.25) is 0 Å². The number of benzene rings is 6. The Hall–Kier alpha value is -7.53. The van der Waals surface area contributed by atoms with Crippen LogP contribution in [0.15, 0.2) is 121 Å². The average molecular weight is 779 g/mol. The van der Waals surface area contributed by atoms with E-state index in [1.54, 1.807) is 60.7 Å². The lowest BCUT2D eigenvalue weighted by atomic mass is 9.94. The molecule has 0 fully saturated rings. The number of aromatic carboxylic acids is 3. The van der Waals surface area contributed by atoms with Crippen LogP contribution in [0.2, 0.25) is 0 Å². The second-order valence-corrected chi connectivity index (χ2v) is 13.6. The van der Waals surface area contributed by atoms with Crippen LogP contribution in [-0.2, 0) is 32.7 Å². The van der Waals surface area contributed by atoms with Gasteiger partial charge in [-0.1, -0.05) is 66.2 Å². The van der Waals surface area contributed by atoms with Crippen LogP contribution < -0.4 is 14.2 Å². The van der Waals surface area contributed by atoms with Crippen molar-refractivity contribution in [3.05, 3.63) is 194 Å². The number of aldehydes is 2. The molecule has 0 aromatic heterocycles. The number of hydrogen-bond donors (Lipinski definition) is 3. The Labute approximate surface area is 333 Å². The first-order chi connectivity index (χ1) is 28.0. The summed E-state index contributed by atoms with van der Waals surface area (Å²) in [5, 5.41) is 27.7. The minimum atomic E-state index is -1.03. The second kappa shape index (κ2) is 18.4. The molecule has 0 saturated carbocycles. The van der Waals surface area contributed by atoms with Gasteiger partial charge >= 0.3 is 17.9 Å². The van der Waals surface area contributed by atoms with Crippen LogP contribution in [0.1, 0.15) is 96.3 Å². The van der Waals surface area contributed by atoms with E-state index >= 15 is 0 Å². The van der Waals surface area contributed by atoms with Gasteiger partial charge < -0.3 is 29.5 Å². The molecule has 6 rings (SSSR count). The number of carbonyl (C=O) groups excluding carboxylic acids is 2. The maximum atomic E-state index is 12.2. The quantitative estimate of drug-likeness (QED) is 0.0713. The lowest BCUT2D eigenvalue weighted by molar-refractivity contribution is 0.0686. The van der Waals surface area contributed by atoms with Crippen molar-refractivity contribution in [3.8, 4) is 17.2 Å². The van der Waals surface area contributed by atoms with Crippen molar-refractivity contribution in [2.24, 2.45) is 0 Å². The fourth-order valence-corrected chi connectivity index (χ4v) is 6.39. The van der Waals surface area contributed by atoms with Crippen LogP contribution in [0.25, 0.3) is 0 Å². The molecule has 0 atom stereocenters. The SMILES string of the molecule is Cc1cc(Cc2ccc(OCc3ccc(C(=O)O)cc3)c(C=O)c2)c(OCc2ccc(C(=O)O)cc2)c(Cc2ccc(OCc3ccc(C(=O)O)cc3)c(C=O)c2)c1. The lowest BCUT2D eigenvalue weighted by Crippen LogP contribution is -2.06. The predicted molar refractivity (Wildman–Crippen MR) is 214 cm³/mol. The minimum absolute atomic E-state index is 0.133. The molecular weight excluding hydrogens is 741 g/mol. The predicted octanol–water partition coefficient (Wildman–Crippen LogP) is 8.63. The van der Waals surface area contributed by atoms with Crippen molar-refractivity contribution in [1.29, 1.82) is 0 Å². The third-order valence-electron chi connectivity index (χ3n) is 9.35. The van der Waals surface area contributed by atoms with Crippen LogP contribution in [0, 0.1) is 6.92 Å². The molecule has 6 aromatic carbocycles. The van der Waals surface area contributed by atoms with Gasteiger partial charge in [-0.25, -0.2) is 14.4 Å². The Balaban J connectivity index is 1.26. The first-order valence-corrected chi connectivity index (χ1v) is 18.1. The van der Waals surface area contributed by atoms with E-state index in [-0.39, 0.29) is 36.5 Å². The van der Waals surface area contributed by atoms with E-state index in [4.69, 9.17) is 14.2 Å². The Kier molecular flexibility index (Phi) is 12.7. The van der Waals surface area contributed by atoms with E-state index in [1.807, 2.05) is 31.2 Å². The molecule has 0 aliphatic rings. The molecule has 0 heterocycles. The molecule has 0 bridgehead atoms. The Morgan fingerprint density at radius 3 is 1.12 bits per heavy atom. The highest BCUT2D eigenvalue weighted by Crippen LogP contribution is 2.33. The van der Waals surface area contributed by atoms with Gasteiger partial charge in [0.15, 0.2) is 12.6 Å². The van der Waals surface area contributed by atoms with Crippen molar-refractivity contribution >= 4 is 30.5 Å². The number of carboxylic acid groups (broad SMARTS) is 3. The van der Waals surface area contributed by atoms with Gasteiger partial charge in [0.25, 0.3) is 0 Å². The maximum Gasteiger partial charge on any atom is 0.335 e. The van der Waals surface area contributed by atoms with Gasteiger partial charge in [-0.15, -0.1) is 0 Å². The molecule has 0 saturated heterocycles. The van der Waals surface area contributed by atoms with E-state index in [0.717, 1.165) is 57.1 Å². The van der Waals surface area contributed by atoms with E-state index in [9.17, 15) is 39.3 Å². The first kappa shape index (κ1) is 40.1. The fourth-order valence-electron chi connectivity index (χ4n) is 6.39. The van der Waals surface area contributed by atoms with Gasteiger partial charge in [-0.2, -0.15) is 0 Å². The molecular formula is C47H38O11. The molecule has 0 aliphatic carbocycles. The van der Waals surface area contributed by atoms with Gasteiger partial charge in [-0.3, -0.25) is 9.59 Å². The Morgan fingerprint density at radius 1 is 0.466 bits per heavy atom. The number of rotatable bonds is 18. The van der Waals surface area contributed by atoms with E-state index in [0.29, 0.717) is 41.2 Å². The zero-order valence-corrected chi connectivity index (χ0v) is 31.3. The van der Waals surface area contributed by atoms with E-state index in [2.05, 4.69) is 0 Å². The topological polar surface area (TPSA) is 174 Å². The van der Waals surface area contributed by atoms with Crippen LogP contribution in [0.5, 0.6) is 17.2 Å². The Morgan fingerprint density at radius 2 is 0.793 bits per heavy atom. The molecule has 0 radical (unpaired) electrons. The molecule has 0 unspecified atom stereocenters. The summed E-state index contributed by atoms with van der Waals surface area (Å²) in [6.45, 7) is 2.37. The molecule has 0 amide bonds. The van der Waals surface area contributed by atoms with Crippen molar-refractivity contribution in [3.63, 3.8) is 0 Å². The van der Waals surface area contributed by atoms with Crippen molar-refractivity contribution < 1.29 is 53.5 Å². The maximum absolute atomic E-state index is 12.2. The third kappa shape index (κ3) is 10.2. The summed E-state index contributed by atoms with van der Waals surface area (Å²) < 4.78 is 18.4. The van der Waals surface area contributed by atoms with E-state index in [1.165, 1.54) is 36.4 Å². The molecule has 292 valence electrons. The molecule has 6 aromatic rings. The first-order valence-electron chi connectivity index (χ1n) is 18.1. The molecule has 11 heteroatoms. The smallest absolute Gasteiger partial charge is 0.335 e.